The number of thiophene rings is 1. The van der Waals surface area contributed by atoms with Gasteiger partial charge in [0.2, 0.25) is 0 Å². The predicted octanol–water partition coefficient (Wildman–Crippen LogP) is 4.07. The van der Waals surface area contributed by atoms with Crippen molar-refractivity contribution in [2.45, 2.75) is 10.8 Å². The molecule has 0 saturated carbocycles. The monoisotopic (exact) mass is 244 g/mol. The summed E-state index contributed by atoms with van der Waals surface area (Å²) in [5.41, 5.74) is 1.09. The zero-order valence-electron chi connectivity index (χ0n) is 7.58. The van der Waals surface area contributed by atoms with Crippen LogP contribution in [0.15, 0.2) is 22.4 Å². The number of alkyl halides is 1. The molecule has 74 valence electrons. The van der Waals surface area contributed by atoms with Crippen LogP contribution in [0.2, 0.25) is 0 Å². The maximum atomic E-state index is 9.69. The van der Waals surface area contributed by atoms with Crippen molar-refractivity contribution in [3.8, 4) is 5.75 Å². The highest BCUT2D eigenvalue weighted by molar-refractivity contribution is 7.98. The van der Waals surface area contributed by atoms with E-state index in [0.717, 1.165) is 15.8 Å². The Morgan fingerprint density at radius 2 is 2.29 bits per heavy atom. The van der Waals surface area contributed by atoms with Crippen LogP contribution in [0, 0.1) is 0 Å². The molecule has 0 amide bonds. The minimum Gasteiger partial charge on any atom is -0.507 e. The van der Waals surface area contributed by atoms with Crippen molar-refractivity contribution >= 4 is 44.8 Å². The number of hydrogen-bond donors (Lipinski definition) is 1. The van der Waals surface area contributed by atoms with E-state index in [4.69, 9.17) is 11.6 Å². The van der Waals surface area contributed by atoms with Crippen molar-refractivity contribution in [3.63, 3.8) is 0 Å². The van der Waals surface area contributed by atoms with Gasteiger partial charge in [-0.05, 0) is 29.3 Å². The molecule has 1 nitrogen and oxygen atoms in total. The molecule has 1 heterocycles. The Hall–Kier alpha value is -0.380. The van der Waals surface area contributed by atoms with E-state index in [2.05, 4.69) is 0 Å². The molecule has 1 N–H and O–H groups in total. The molecule has 14 heavy (non-hydrogen) atoms. The number of aromatic hydroxyl groups is 1. The molecule has 0 spiro atoms. The highest BCUT2D eigenvalue weighted by atomic mass is 35.5. The molecule has 0 unspecified atom stereocenters. The van der Waals surface area contributed by atoms with Gasteiger partial charge in [-0.2, -0.15) is 0 Å². The quantitative estimate of drug-likeness (QED) is 0.635. The molecule has 0 fully saturated rings. The first-order chi connectivity index (χ1) is 6.76. The van der Waals surface area contributed by atoms with Gasteiger partial charge in [0.05, 0.1) is 4.90 Å². The third-order valence-corrected chi connectivity index (χ3v) is 4.15. The number of thioether (sulfide) groups is 1. The summed E-state index contributed by atoms with van der Waals surface area (Å²) in [6.45, 7) is 0. The van der Waals surface area contributed by atoms with E-state index >= 15 is 0 Å². The third-order valence-electron chi connectivity index (χ3n) is 2.10. The number of rotatable bonds is 2. The molecule has 2 aromatic rings. The third kappa shape index (κ3) is 1.60. The van der Waals surface area contributed by atoms with Crippen LogP contribution in [0.4, 0.5) is 0 Å². The van der Waals surface area contributed by atoms with Crippen molar-refractivity contribution in [2.75, 3.05) is 6.26 Å². The fraction of sp³-hybridized carbons (Fsp3) is 0.200. The van der Waals surface area contributed by atoms with Crippen LogP contribution >= 0.6 is 34.7 Å². The summed E-state index contributed by atoms with van der Waals surface area (Å²) in [5, 5.41) is 12.8. The Labute approximate surface area is 95.7 Å². The Morgan fingerprint density at radius 3 is 2.93 bits per heavy atom. The van der Waals surface area contributed by atoms with Crippen LogP contribution in [0.25, 0.3) is 10.1 Å². The summed E-state index contributed by atoms with van der Waals surface area (Å²) in [5.74, 6) is 0.840. The van der Waals surface area contributed by atoms with E-state index in [1.54, 1.807) is 29.2 Å². The van der Waals surface area contributed by atoms with Crippen LogP contribution < -0.4 is 0 Å². The topological polar surface area (TPSA) is 20.2 Å². The molecule has 0 aliphatic heterocycles. The second-order valence-electron chi connectivity index (χ2n) is 2.91. The maximum absolute atomic E-state index is 9.69. The zero-order valence-corrected chi connectivity index (χ0v) is 9.97. The lowest BCUT2D eigenvalue weighted by molar-refractivity contribution is 0.463. The standard InChI is InChI=1S/C10H9ClOS2/c1-13-10-3-9-7(2-8(10)12)6(4-11)5-14-9/h2-3,5,12H,4H2,1H3. The van der Waals surface area contributed by atoms with Gasteiger partial charge in [0.25, 0.3) is 0 Å². The number of halogens is 1. The summed E-state index contributed by atoms with van der Waals surface area (Å²) in [6, 6.07) is 3.81. The van der Waals surface area contributed by atoms with E-state index in [0.29, 0.717) is 11.6 Å². The summed E-state index contributed by atoms with van der Waals surface area (Å²) >= 11 is 9.01. The number of hydrogen-bond acceptors (Lipinski definition) is 3. The summed E-state index contributed by atoms with van der Waals surface area (Å²) in [7, 11) is 0. The van der Waals surface area contributed by atoms with Crippen LogP contribution in [0.5, 0.6) is 5.75 Å². The summed E-state index contributed by atoms with van der Waals surface area (Å²) in [4.78, 5) is 0.917. The van der Waals surface area contributed by atoms with E-state index in [1.807, 2.05) is 17.7 Å². The van der Waals surface area contributed by atoms with Gasteiger partial charge in [0.1, 0.15) is 5.75 Å². The molecule has 0 bridgehead atoms. The molecule has 0 atom stereocenters. The minimum absolute atomic E-state index is 0.342. The Morgan fingerprint density at radius 1 is 1.50 bits per heavy atom. The molecule has 0 saturated heterocycles. The Bertz CT molecular complexity index is 464. The summed E-state index contributed by atoms with van der Waals surface area (Å²) < 4.78 is 1.18. The molecular formula is C10H9ClOS2. The average molecular weight is 245 g/mol. The van der Waals surface area contributed by atoms with Gasteiger partial charge in [0.15, 0.2) is 0 Å². The van der Waals surface area contributed by atoms with Gasteiger partial charge < -0.3 is 5.11 Å². The Balaban J connectivity index is 2.69. The number of benzene rings is 1. The van der Waals surface area contributed by atoms with Crippen LogP contribution in [-0.4, -0.2) is 11.4 Å². The Kier molecular flexibility index (Phi) is 2.91. The van der Waals surface area contributed by atoms with Crippen molar-refractivity contribution < 1.29 is 5.11 Å². The first-order valence-electron chi connectivity index (χ1n) is 4.09. The van der Waals surface area contributed by atoms with Gasteiger partial charge in [0, 0.05) is 16.0 Å². The molecule has 0 aliphatic carbocycles. The van der Waals surface area contributed by atoms with E-state index in [-0.39, 0.29) is 0 Å². The van der Waals surface area contributed by atoms with Crippen LogP contribution in [0.3, 0.4) is 0 Å². The maximum Gasteiger partial charge on any atom is 0.129 e. The van der Waals surface area contributed by atoms with Crippen LogP contribution in [-0.2, 0) is 5.88 Å². The van der Waals surface area contributed by atoms with Gasteiger partial charge in [-0.1, -0.05) is 0 Å². The van der Waals surface area contributed by atoms with E-state index in [9.17, 15) is 5.11 Å². The largest absolute Gasteiger partial charge is 0.507 e. The summed E-state index contributed by atoms with van der Waals surface area (Å²) in [6.07, 6.45) is 1.96. The van der Waals surface area contributed by atoms with E-state index in [1.165, 1.54) is 4.70 Å². The number of phenolic OH excluding ortho intramolecular Hbond substituents is 1. The lowest BCUT2D eigenvalue weighted by atomic mass is 10.2. The second-order valence-corrected chi connectivity index (χ2v) is 4.94. The molecular weight excluding hydrogens is 236 g/mol. The molecule has 0 radical (unpaired) electrons. The molecule has 1 aromatic heterocycles. The molecule has 2 rings (SSSR count). The first-order valence-corrected chi connectivity index (χ1v) is 6.73. The first kappa shape index (κ1) is 10.1. The second kappa shape index (κ2) is 4.01. The SMILES string of the molecule is CSc1cc2scc(CCl)c2cc1O. The average Bonchev–Trinajstić information content (AvgIpc) is 2.58. The number of fused-ring (bicyclic) bond motifs is 1. The van der Waals surface area contributed by atoms with Gasteiger partial charge in [-0.15, -0.1) is 34.7 Å². The molecule has 1 aromatic carbocycles. The van der Waals surface area contributed by atoms with Gasteiger partial charge >= 0.3 is 0 Å². The highest BCUT2D eigenvalue weighted by Gasteiger charge is 2.07. The minimum atomic E-state index is 0.342. The molecule has 4 heteroatoms. The zero-order chi connectivity index (χ0) is 10.1. The van der Waals surface area contributed by atoms with Crippen molar-refractivity contribution in [1.82, 2.24) is 0 Å². The fourth-order valence-electron chi connectivity index (χ4n) is 1.36. The fourth-order valence-corrected chi connectivity index (χ4v) is 3.24. The molecule has 0 aliphatic rings. The van der Waals surface area contributed by atoms with Crippen molar-refractivity contribution in [3.05, 3.63) is 23.1 Å². The van der Waals surface area contributed by atoms with Crippen molar-refractivity contribution in [2.24, 2.45) is 0 Å². The van der Waals surface area contributed by atoms with Crippen molar-refractivity contribution in [1.29, 1.82) is 0 Å². The normalized spacial score (nSPS) is 11.0. The van der Waals surface area contributed by atoms with Gasteiger partial charge in [-0.25, -0.2) is 0 Å². The lowest BCUT2D eigenvalue weighted by Crippen LogP contribution is -1.76. The lowest BCUT2D eigenvalue weighted by Gasteiger charge is -2.01. The highest BCUT2D eigenvalue weighted by Crippen LogP contribution is 2.36. The smallest absolute Gasteiger partial charge is 0.129 e. The van der Waals surface area contributed by atoms with E-state index < -0.39 is 0 Å². The van der Waals surface area contributed by atoms with Gasteiger partial charge in [-0.3, -0.25) is 0 Å². The van der Waals surface area contributed by atoms with Crippen LogP contribution in [0.1, 0.15) is 5.56 Å². The predicted molar refractivity (Wildman–Crippen MR) is 64.8 cm³/mol. The number of phenols is 1.